The first kappa shape index (κ1) is 80.3. The summed E-state index contributed by atoms with van der Waals surface area (Å²) in [7, 11) is 28.5. The van der Waals surface area contributed by atoms with Gasteiger partial charge in [-0.05, 0) is 0 Å². The third-order valence-electron chi connectivity index (χ3n) is 19.1. The van der Waals surface area contributed by atoms with E-state index in [9.17, 15) is 0 Å². The van der Waals surface area contributed by atoms with Crippen LogP contribution in [0.3, 0.4) is 0 Å². The molecule has 562 valence electrons. The van der Waals surface area contributed by atoms with Gasteiger partial charge in [0.2, 0.25) is 0 Å². The van der Waals surface area contributed by atoms with Crippen molar-refractivity contribution in [1.82, 2.24) is 0 Å². The maximum atomic E-state index is 7.02. The second-order valence-corrected chi connectivity index (χ2v) is 24.1. The summed E-state index contributed by atoms with van der Waals surface area (Å²) < 4.78 is 213. The Morgan fingerprint density at radius 2 is 0.302 bits per heavy atom. The number of hydrogen-bond donors (Lipinski definition) is 2. The van der Waals surface area contributed by atoms with Crippen molar-refractivity contribution in [2.75, 3.05) is 181 Å². The van der Waals surface area contributed by atoms with Crippen molar-refractivity contribution in [3.05, 3.63) is 0 Å². The molecule has 21 aliphatic rings. The molecule has 35 heteroatoms. The van der Waals surface area contributed by atoms with Crippen LogP contribution in [0.2, 0.25) is 0 Å². The van der Waals surface area contributed by atoms with Gasteiger partial charge >= 0.3 is 0 Å². The zero-order valence-corrected chi connectivity index (χ0v) is 58.8. The van der Waals surface area contributed by atoms with E-state index in [0.717, 1.165) is 0 Å². The minimum atomic E-state index is -1.22. The van der Waals surface area contributed by atoms with Gasteiger partial charge in [0.1, 0.15) is 171 Å². The summed E-state index contributed by atoms with van der Waals surface area (Å²) in [5, 5.41) is 0. The van der Waals surface area contributed by atoms with Gasteiger partial charge in [0, 0.05) is 148 Å². The molecule has 0 amide bonds. The first-order chi connectivity index (χ1) is 46.7. The Balaban J connectivity index is 1.22. The van der Waals surface area contributed by atoms with Crippen LogP contribution in [0.4, 0.5) is 0 Å². The van der Waals surface area contributed by atoms with E-state index in [1.165, 1.54) is 135 Å². The molecule has 21 rings (SSSR count). The highest BCUT2D eigenvalue weighted by Crippen LogP contribution is 2.43. The average molecular weight is 1400 g/mol. The van der Waals surface area contributed by atoms with Gasteiger partial charge in [-0.3, -0.25) is 0 Å². The quantitative estimate of drug-likeness (QED) is 0.0879. The van der Waals surface area contributed by atoms with Crippen LogP contribution in [0.15, 0.2) is 0 Å². The van der Waals surface area contributed by atoms with Crippen LogP contribution in [-0.4, -0.2) is 396 Å². The first-order valence-electron chi connectivity index (χ1n) is 32.1. The number of ether oxygens (including phenoxy) is 33. The fraction of sp³-hybridized carbons (Fsp3) is 1.00. The van der Waals surface area contributed by atoms with E-state index >= 15 is 0 Å². The molecule has 4 N–H and O–H groups in total. The molecule has 0 unspecified atom stereocenters. The summed E-state index contributed by atoms with van der Waals surface area (Å²) in [5.74, 6) is 0. The van der Waals surface area contributed by atoms with Crippen LogP contribution in [0.5, 0.6) is 0 Å². The van der Waals surface area contributed by atoms with Gasteiger partial charge in [0.25, 0.3) is 0 Å². The van der Waals surface area contributed by atoms with E-state index in [0.29, 0.717) is 0 Å². The van der Waals surface area contributed by atoms with Crippen LogP contribution in [0.25, 0.3) is 0 Å². The molecule has 21 fully saturated rings. The van der Waals surface area contributed by atoms with Crippen molar-refractivity contribution in [3.63, 3.8) is 0 Å². The molecule has 21 saturated heterocycles. The smallest absolute Gasteiger partial charge is 0.187 e. The molecule has 14 bridgehead atoms. The average Bonchev–Trinajstić information content (AvgIpc) is 0.771. The van der Waals surface area contributed by atoms with E-state index < -0.39 is 215 Å². The van der Waals surface area contributed by atoms with Crippen LogP contribution in [0.1, 0.15) is 0 Å². The van der Waals surface area contributed by atoms with E-state index in [-0.39, 0.29) is 46.1 Å². The van der Waals surface area contributed by atoms with Gasteiger partial charge in [0.05, 0.1) is 33.0 Å². The maximum Gasteiger partial charge on any atom is 0.187 e. The summed E-state index contributed by atoms with van der Waals surface area (Å²) in [4.78, 5) is 0. The minimum absolute atomic E-state index is 0.0384. The van der Waals surface area contributed by atoms with E-state index in [2.05, 4.69) is 0 Å². The Labute approximate surface area is 562 Å². The van der Waals surface area contributed by atoms with Crippen LogP contribution in [-0.2, 0) is 156 Å². The predicted octanol–water partition coefficient (Wildman–Crippen LogP) is -2.87. The number of hydrogen-bond acceptors (Lipinski definition) is 35. The third-order valence-corrected chi connectivity index (χ3v) is 19.1. The Bertz CT molecular complexity index is 2170. The molecule has 35 atom stereocenters. The van der Waals surface area contributed by atoms with Gasteiger partial charge in [0.15, 0.2) is 44.0 Å². The van der Waals surface area contributed by atoms with Crippen molar-refractivity contribution in [2.45, 2.75) is 215 Å². The summed E-state index contributed by atoms with van der Waals surface area (Å²) in [6.45, 7) is -0.412. The monoisotopic (exact) mass is 1400 g/mol. The fourth-order valence-electron chi connectivity index (χ4n) is 14.6. The van der Waals surface area contributed by atoms with Crippen molar-refractivity contribution in [1.29, 1.82) is 0 Å². The molecule has 0 spiro atoms. The molecule has 96 heavy (non-hydrogen) atoms. The lowest BCUT2D eigenvalue weighted by molar-refractivity contribution is -0.402. The van der Waals surface area contributed by atoms with E-state index in [1.807, 2.05) is 0 Å². The number of methoxy groups -OCH3 is 19. The molecule has 0 aliphatic carbocycles. The lowest BCUT2D eigenvalue weighted by Crippen LogP contribution is -2.69. The summed E-state index contributed by atoms with van der Waals surface area (Å²) in [5.41, 5.74) is 13.2. The molecular weight excluding hydrogens is 1290 g/mol. The van der Waals surface area contributed by atoms with Crippen molar-refractivity contribution < 1.29 is 156 Å². The topological polar surface area (TPSA) is 357 Å². The number of rotatable bonds is 26. The molecule has 21 heterocycles. The Morgan fingerprint density at radius 1 is 0.177 bits per heavy atom. The molecule has 0 aromatic heterocycles. The number of nitrogens with two attached hydrogens (primary N) is 2. The van der Waals surface area contributed by atoms with Gasteiger partial charge in [-0.15, -0.1) is 0 Å². The third kappa shape index (κ3) is 17.0. The molecule has 21 aliphatic heterocycles. The molecular formula is C61H110N2O33. The maximum absolute atomic E-state index is 7.02. The van der Waals surface area contributed by atoms with Crippen molar-refractivity contribution in [2.24, 2.45) is 11.5 Å². The molecule has 0 aromatic carbocycles. The lowest BCUT2D eigenvalue weighted by atomic mass is 9.94. The summed E-state index contributed by atoms with van der Waals surface area (Å²) in [6.07, 6.45) is -35.9. The molecule has 0 radical (unpaired) electrons. The summed E-state index contributed by atoms with van der Waals surface area (Å²) >= 11 is 0. The first-order valence-corrected chi connectivity index (χ1v) is 32.1. The highest BCUT2D eigenvalue weighted by Gasteiger charge is 2.62. The summed E-state index contributed by atoms with van der Waals surface area (Å²) in [6, 6.07) is 0. The zero-order chi connectivity index (χ0) is 69.5. The van der Waals surface area contributed by atoms with Crippen molar-refractivity contribution >= 4 is 0 Å². The van der Waals surface area contributed by atoms with Crippen LogP contribution < -0.4 is 11.5 Å². The van der Waals surface area contributed by atoms with Crippen molar-refractivity contribution in [3.8, 4) is 0 Å². The largest absolute Gasteiger partial charge is 0.382 e. The van der Waals surface area contributed by atoms with Gasteiger partial charge in [-0.2, -0.15) is 0 Å². The van der Waals surface area contributed by atoms with Gasteiger partial charge < -0.3 is 168 Å². The standard InChI is InChI=1S/C61H110N2O33/c1-64-22-29-36-43(71-8)51(79-16)58(86-29)94-38-31(24-66-3)88-60(53(81-18)45(38)73-10)96-40-33(26-68-5)89-61(54(82-19)47(40)75-12)95-39-32(25-67-4)87-59(52(80-17)46(39)74-11)93-37-30(23-65-2)85-57(50(78-15)44(37)72-9)91-35-28(21-63)83-55(48(76-13)42(35)70-7)90-34-27(20-62)84-56(92-36)49(77-14)41(34)69-6/h27-61H,20-26,62-63H2,1-19H3/t27-,28-,29-,30-,31-,32-,33-,34-,35-,36-,37-,38-,39-,40-,41+,42+,43+,44+,45+,46+,47+,48-,49-,50-,51-,52-,53-,54-,55-,56-,57-,58-,59-,60-,61-/m1/s1. The fourth-order valence-corrected chi connectivity index (χ4v) is 14.6. The molecule has 0 saturated carbocycles. The SMILES string of the molecule is COC[C@H]1O[C@@H]2O[C@H]3[C@H](OC)[C@@H](OC)[C@@H](O[C@H]4[C@H](OC)[C@@H](OC)[C@@H](O[C@H]5[C@H](OC)[C@@H](OC)[C@@H](O[C@H]6[C@H](OC)[C@@H](OC)[C@@H](O[C@H]7[C@H](OC)[C@@H](OC)[C@@H](O[C@H]8[C@H](OC)[C@@H](OC)[C@@H](O[C@H]1[C@H](OC)[C@H]2OC)O[C@@H]8CN)O[C@@H]7CN)O[C@@H]6COC)O[C@@H]5COC)O[C@@H]4COC)O[C@@H]3COC. The predicted molar refractivity (Wildman–Crippen MR) is 323 cm³/mol. The van der Waals surface area contributed by atoms with Gasteiger partial charge in [-0.25, -0.2) is 0 Å². The van der Waals surface area contributed by atoms with Crippen LogP contribution in [0, 0.1) is 0 Å². The normalized spacial score (nSPS) is 46.8. The van der Waals surface area contributed by atoms with E-state index in [1.54, 1.807) is 0 Å². The Morgan fingerprint density at radius 3 is 0.417 bits per heavy atom. The Kier molecular flexibility index (Phi) is 32.6. The highest BCUT2D eigenvalue weighted by atomic mass is 16.8. The second-order valence-electron chi connectivity index (χ2n) is 24.1. The Hall–Kier alpha value is -1.40. The highest BCUT2D eigenvalue weighted by molar-refractivity contribution is 5.04. The second kappa shape index (κ2) is 38.9. The lowest BCUT2D eigenvalue weighted by Gasteiger charge is -2.52. The van der Waals surface area contributed by atoms with E-state index in [4.69, 9.17) is 168 Å². The van der Waals surface area contributed by atoms with Crippen LogP contribution >= 0.6 is 0 Å². The molecule has 35 nitrogen and oxygen atoms in total. The zero-order valence-electron chi connectivity index (χ0n) is 58.8. The van der Waals surface area contributed by atoms with Gasteiger partial charge in [-0.1, -0.05) is 0 Å². The molecule has 0 aromatic rings. The minimum Gasteiger partial charge on any atom is -0.382 e.